The molecule has 1 aromatic carbocycles. The number of hydrogen-bond acceptors (Lipinski definition) is 3. The van der Waals surface area contributed by atoms with Crippen LogP contribution in [-0.4, -0.2) is 16.8 Å². The normalized spacial score (nSPS) is 14.8. The molecule has 1 heterocycles. The highest BCUT2D eigenvalue weighted by Crippen LogP contribution is 2.47. The second kappa shape index (κ2) is 6.35. The molecule has 1 aromatic heterocycles. The minimum Gasteiger partial charge on any atom is -0.350 e. The molecule has 1 fully saturated rings. The summed E-state index contributed by atoms with van der Waals surface area (Å²) in [5.74, 6) is -2.63. The number of anilines is 1. The molecule has 0 saturated heterocycles. The number of aromatic nitrogens is 1. The highest BCUT2D eigenvalue weighted by Gasteiger charge is 2.56. The Morgan fingerprint density at radius 1 is 1.12 bits per heavy atom. The van der Waals surface area contributed by atoms with E-state index >= 15 is 0 Å². The zero-order valence-electron chi connectivity index (χ0n) is 12.7. The summed E-state index contributed by atoms with van der Waals surface area (Å²) >= 11 is 0. The van der Waals surface area contributed by atoms with Crippen LogP contribution in [0.25, 0.3) is 0 Å². The number of hydrogen-bond donors (Lipinski definition) is 2. The van der Waals surface area contributed by atoms with E-state index in [1.807, 2.05) is 0 Å². The number of amides is 2. The second-order valence-electron chi connectivity index (χ2n) is 5.66. The number of benzene rings is 1. The monoisotopic (exact) mass is 331 g/mol. The fourth-order valence-electron chi connectivity index (χ4n) is 2.36. The first-order valence-electron chi connectivity index (χ1n) is 7.46. The molecule has 0 spiro atoms. The lowest BCUT2D eigenvalue weighted by molar-refractivity contribution is -0.134. The van der Waals surface area contributed by atoms with Crippen molar-refractivity contribution in [2.75, 3.05) is 5.32 Å². The molecule has 0 atom stereocenters. The molecule has 0 aliphatic heterocycles. The summed E-state index contributed by atoms with van der Waals surface area (Å²) in [6.45, 7) is 0.208. The molecule has 2 N–H and O–H groups in total. The zero-order valence-corrected chi connectivity index (χ0v) is 12.7. The van der Waals surface area contributed by atoms with Gasteiger partial charge in [-0.2, -0.15) is 0 Å². The van der Waals surface area contributed by atoms with E-state index in [0.29, 0.717) is 24.6 Å². The maximum absolute atomic E-state index is 13.6. The number of halogens is 2. The molecule has 7 heteroatoms. The van der Waals surface area contributed by atoms with Crippen LogP contribution in [0, 0.1) is 17.0 Å². The lowest BCUT2D eigenvalue weighted by Crippen LogP contribution is -2.39. The molecule has 1 aliphatic rings. The molecule has 2 amide bonds. The van der Waals surface area contributed by atoms with Gasteiger partial charge in [0.1, 0.15) is 17.0 Å². The van der Waals surface area contributed by atoms with Crippen LogP contribution in [0.5, 0.6) is 0 Å². The molecule has 2 aromatic rings. The Balaban J connectivity index is 1.64. The zero-order chi connectivity index (χ0) is 17.2. The average molecular weight is 331 g/mol. The summed E-state index contributed by atoms with van der Waals surface area (Å²) in [4.78, 5) is 28.7. The fourth-order valence-corrected chi connectivity index (χ4v) is 2.36. The molecule has 0 radical (unpaired) electrons. The van der Waals surface area contributed by atoms with Crippen molar-refractivity contribution >= 4 is 17.5 Å². The third-order valence-electron chi connectivity index (χ3n) is 3.95. The van der Waals surface area contributed by atoms with Crippen molar-refractivity contribution in [3.8, 4) is 0 Å². The number of carbonyl (C=O) groups is 2. The van der Waals surface area contributed by atoms with E-state index in [1.54, 1.807) is 24.4 Å². The van der Waals surface area contributed by atoms with Crippen LogP contribution >= 0.6 is 0 Å². The van der Waals surface area contributed by atoms with E-state index in [0.717, 1.165) is 12.1 Å². The van der Waals surface area contributed by atoms with Crippen molar-refractivity contribution in [2.24, 2.45) is 5.41 Å². The predicted octanol–water partition coefficient (Wildman–Crippen LogP) is 2.39. The Morgan fingerprint density at radius 2 is 1.92 bits per heavy atom. The van der Waals surface area contributed by atoms with Gasteiger partial charge in [0.2, 0.25) is 11.8 Å². The van der Waals surface area contributed by atoms with Crippen molar-refractivity contribution in [1.29, 1.82) is 0 Å². The molecule has 24 heavy (non-hydrogen) atoms. The lowest BCUT2D eigenvalue weighted by atomic mass is 10.0. The van der Waals surface area contributed by atoms with E-state index in [4.69, 9.17) is 0 Å². The Kier molecular flexibility index (Phi) is 4.24. The van der Waals surface area contributed by atoms with E-state index in [-0.39, 0.29) is 12.2 Å². The van der Waals surface area contributed by atoms with Crippen molar-refractivity contribution in [1.82, 2.24) is 10.3 Å². The Bertz CT molecular complexity index is 777. The van der Waals surface area contributed by atoms with Crippen LogP contribution in [0.4, 0.5) is 14.5 Å². The van der Waals surface area contributed by atoms with Crippen LogP contribution in [-0.2, 0) is 16.1 Å². The van der Waals surface area contributed by atoms with E-state index < -0.39 is 28.9 Å². The molecule has 1 saturated carbocycles. The molecule has 0 bridgehead atoms. The van der Waals surface area contributed by atoms with Gasteiger partial charge < -0.3 is 10.6 Å². The Hall–Kier alpha value is -2.83. The topological polar surface area (TPSA) is 71.1 Å². The first kappa shape index (κ1) is 16.0. The van der Waals surface area contributed by atoms with Crippen LogP contribution in [0.3, 0.4) is 0 Å². The van der Waals surface area contributed by atoms with Gasteiger partial charge in [0, 0.05) is 12.3 Å². The minimum atomic E-state index is -1.20. The molecule has 124 valence electrons. The highest BCUT2D eigenvalue weighted by atomic mass is 19.1. The molecule has 0 unspecified atom stereocenters. The SMILES string of the molecule is O=C(NCc1ccccn1)C1(C(=O)Nc2ccc(F)cc2F)CC1. The van der Waals surface area contributed by atoms with Crippen LogP contribution < -0.4 is 10.6 Å². The van der Waals surface area contributed by atoms with Gasteiger partial charge in [0.15, 0.2) is 0 Å². The number of nitrogens with zero attached hydrogens (tertiary/aromatic N) is 1. The van der Waals surface area contributed by atoms with Gasteiger partial charge in [-0.25, -0.2) is 8.78 Å². The van der Waals surface area contributed by atoms with Gasteiger partial charge in [-0.05, 0) is 37.1 Å². The Morgan fingerprint density at radius 3 is 2.54 bits per heavy atom. The number of pyridine rings is 1. The Labute approximate surface area is 137 Å². The van der Waals surface area contributed by atoms with Gasteiger partial charge in [0.25, 0.3) is 0 Å². The van der Waals surface area contributed by atoms with Crippen molar-refractivity contribution in [3.63, 3.8) is 0 Å². The van der Waals surface area contributed by atoms with Gasteiger partial charge in [-0.15, -0.1) is 0 Å². The van der Waals surface area contributed by atoms with Crippen molar-refractivity contribution in [2.45, 2.75) is 19.4 Å². The third kappa shape index (κ3) is 3.24. The summed E-state index contributed by atoms with van der Waals surface area (Å²) in [5.41, 5.74) is -0.674. The minimum absolute atomic E-state index is 0.148. The first-order chi connectivity index (χ1) is 11.5. The quantitative estimate of drug-likeness (QED) is 0.827. The molecule has 1 aliphatic carbocycles. The van der Waals surface area contributed by atoms with Crippen molar-refractivity contribution in [3.05, 3.63) is 59.9 Å². The number of nitrogens with one attached hydrogen (secondary N) is 2. The predicted molar refractivity (Wildman–Crippen MR) is 82.7 cm³/mol. The van der Waals surface area contributed by atoms with E-state index in [1.165, 1.54) is 0 Å². The number of rotatable bonds is 5. The summed E-state index contributed by atoms with van der Waals surface area (Å²) in [7, 11) is 0. The third-order valence-corrected chi connectivity index (χ3v) is 3.95. The average Bonchev–Trinajstić information content (AvgIpc) is 3.38. The summed E-state index contributed by atoms with van der Waals surface area (Å²) < 4.78 is 26.5. The van der Waals surface area contributed by atoms with Crippen LogP contribution in [0.15, 0.2) is 42.6 Å². The second-order valence-corrected chi connectivity index (χ2v) is 5.66. The lowest BCUT2D eigenvalue weighted by Gasteiger charge is -2.15. The van der Waals surface area contributed by atoms with Crippen LogP contribution in [0.1, 0.15) is 18.5 Å². The molecule has 5 nitrogen and oxygen atoms in total. The van der Waals surface area contributed by atoms with Gasteiger partial charge in [-0.3, -0.25) is 14.6 Å². The number of carbonyl (C=O) groups excluding carboxylic acids is 2. The van der Waals surface area contributed by atoms with Gasteiger partial charge >= 0.3 is 0 Å². The molecular weight excluding hydrogens is 316 g/mol. The van der Waals surface area contributed by atoms with Crippen LogP contribution in [0.2, 0.25) is 0 Å². The summed E-state index contributed by atoms with van der Waals surface area (Å²) in [6.07, 6.45) is 2.38. The first-order valence-corrected chi connectivity index (χ1v) is 7.46. The van der Waals surface area contributed by atoms with Crippen molar-refractivity contribution < 1.29 is 18.4 Å². The smallest absolute Gasteiger partial charge is 0.240 e. The van der Waals surface area contributed by atoms with E-state index in [2.05, 4.69) is 15.6 Å². The molecular formula is C17H15F2N3O2. The van der Waals surface area contributed by atoms with E-state index in [9.17, 15) is 18.4 Å². The summed E-state index contributed by atoms with van der Waals surface area (Å²) in [6, 6.07) is 8.16. The molecule has 3 rings (SSSR count). The largest absolute Gasteiger partial charge is 0.350 e. The highest BCUT2D eigenvalue weighted by molar-refractivity contribution is 6.13. The summed E-state index contributed by atoms with van der Waals surface area (Å²) in [5, 5.41) is 5.04. The maximum Gasteiger partial charge on any atom is 0.240 e. The standard InChI is InChI=1S/C17H15F2N3O2/c18-11-4-5-14(13(19)9-11)22-16(24)17(6-7-17)15(23)21-10-12-3-1-2-8-20-12/h1-5,8-9H,6-7,10H2,(H,21,23)(H,22,24). The maximum atomic E-state index is 13.6. The fraction of sp³-hybridized carbons (Fsp3) is 0.235. The van der Waals surface area contributed by atoms with Gasteiger partial charge in [0.05, 0.1) is 17.9 Å². The van der Waals surface area contributed by atoms with Gasteiger partial charge in [-0.1, -0.05) is 6.07 Å².